The number of rotatable bonds is 6. The fourth-order valence-electron chi connectivity index (χ4n) is 2.74. The first kappa shape index (κ1) is 15.9. The van der Waals surface area contributed by atoms with Crippen molar-refractivity contribution in [3.8, 4) is 0 Å². The van der Waals surface area contributed by atoms with Gasteiger partial charge in [-0.2, -0.15) is 0 Å². The molecule has 0 aromatic heterocycles. The van der Waals surface area contributed by atoms with Crippen LogP contribution < -0.4 is 5.32 Å². The van der Waals surface area contributed by atoms with E-state index in [-0.39, 0.29) is 11.6 Å². The van der Waals surface area contributed by atoms with Gasteiger partial charge in [0.05, 0.1) is 6.10 Å². The predicted molar refractivity (Wildman–Crippen MR) is 77.8 cm³/mol. The summed E-state index contributed by atoms with van der Waals surface area (Å²) in [6.07, 6.45) is 3.30. The zero-order chi connectivity index (χ0) is 13.8. The van der Waals surface area contributed by atoms with Crippen molar-refractivity contribution in [2.24, 2.45) is 5.92 Å². The second-order valence-electron chi connectivity index (χ2n) is 7.11. The third-order valence-electron chi connectivity index (χ3n) is 3.64. The lowest BCUT2D eigenvalue weighted by Gasteiger charge is -2.30. The van der Waals surface area contributed by atoms with Gasteiger partial charge in [0.25, 0.3) is 0 Å². The number of aliphatic hydroxyl groups excluding tert-OH is 1. The van der Waals surface area contributed by atoms with Gasteiger partial charge < -0.3 is 10.4 Å². The van der Waals surface area contributed by atoms with E-state index < -0.39 is 0 Å². The topological polar surface area (TPSA) is 35.5 Å². The molecule has 3 unspecified atom stereocenters. The Hall–Kier alpha value is -0.120. The molecule has 1 rings (SSSR count). The van der Waals surface area contributed by atoms with E-state index in [1.807, 2.05) is 6.92 Å². The largest absolute Gasteiger partial charge is 0.393 e. The average Bonchev–Trinajstić information content (AvgIpc) is 2.61. The third kappa shape index (κ3) is 6.17. The van der Waals surface area contributed by atoms with Crippen molar-refractivity contribution in [2.45, 2.75) is 71.6 Å². The maximum absolute atomic E-state index is 9.54. The van der Waals surface area contributed by atoms with Gasteiger partial charge in [-0.05, 0) is 66.0 Å². The summed E-state index contributed by atoms with van der Waals surface area (Å²) in [5.74, 6) is 0.666. The summed E-state index contributed by atoms with van der Waals surface area (Å²) in [4.78, 5) is 2.57. The monoisotopic (exact) mass is 256 g/mol. The van der Waals surface area contributed by atoms with Crippen LogP contribution in [0.2, 0.25) is 0 Å². The second kappa shape index (κ2) is 6.88. The molecular formula is C15H32N2O. The van der Waals surface area contributed by atoms with Crippen molar-refractivity contribution in [2.75, 3.05) is 19.6 Å². The maximum Gasteiger partial charge on any atom is 0.0527 e. The van der Waals surface area contributed by atoms with Crippen LogP contribution in [0, 0.1) is 5.92 Å². The minimum atomic E-state index is -0.168. The summed E-state index contributed by atoms with van der Waals surface area (Å²) >= 11 is 0. The van der Waals surface area contributed by atoms with Gasteiger partial charge in [-0.3, -0.25) is 4.90 Å². The number of aliphatic hydroxyl groups is 1. The normalized spacial score (nSPS) is 25.3. The van der Waals surface area contributed by atoms with Crippen LogP contribution >= 0.6 is 0 Å². The quantitative estimate of drug-likeness (QED) is 0.765. The van der Waals surface area contributed by atoms with Gasteiger partial charge in [0.15, 0.2) is 0 Å². The van der Waals surface area contributed by atoms with Crippen LogP contribution in [0.5, 0.6) is 0 Å². The Balaban J connectivity index is 2.31. The molecule has 0 saturated carbocycles. The highest BCUT2D eigenvalue weighted by Gasteiger charge is 2.26. The standard InChI is InChI=1S/C15H32N2O/c1-12(10-16-15(3,4)5)11-17-8-6-7-14(17)9-13(2)18/h12-14,16,18H,6-11H2,1-5H3. The van der Waals surface area contributed by atoms with Gasteiger partial charge in [-0.15, -0.1) is 0 Å². The summed E-state index contributed by atoms with van der Waals surface area (Å²) in [7, 11) is 0. The molecule has 3 heteroatoms. The van der Waals surface area contributed by atoms with Gasteiger partial charge in [0.2, 0.25) is 0 Å². The molecule has 1 saturated heterocycles. The fourth-order valence-corrected chi connectivity index (χ4v) is 2.74. The molecule has 0 amide bonds. The molecule has 0 aliphatic carbocycles. The SMILES string of the molecule is CC(O)CC1CCCN1CC(C)CNC(C)(C)C. The molecule has 18 heavy (non-hydrogen) atoms. The van der Waals surface area contributed by atoms with E-state index in [2.05, 4.69) is 37.9 Å². The molecule has 1 heterocycles. The Morgan fingerprint density at radius 1 is 1.33 bits per heavy atom. The molecule has 1 aliphatic rings. The van der Waals surface area contributed by atoms with Crippen molar-refractivity contribution >= 4 is 0 Å². The van der Waals surface area contributed by atoms with Crippen LogP contribution in [0.15, 0.2) is 0 Å². The lowest BCUT2D eigenvalue weighted by molar-refractivity contribution is 0.125. The molecule has 1 fully saturated rings. The van der Waals surface area contributed by atoms with Crippen LogP contribution in [0.3, 0.4) is 0 Å². The van der Waals surface area contributed by atoms with E-state index in [0.29, 0.717) is 12.0 Å². The molecule has 3 atom stereocenters. The van der Waals surface area contributed by atoms with Gasteiger partial charge in [-0.25, -0.2) is 0 Å². The highest BCUT2D eigenvalue weighted by atomic mass is 16.3. The number of nitrogens with one attached hydrogen (secondary N) is 1. The number of nitrogens with zero attached hydrogens (tertiary/aromatic N) is 1. The highest BCUT2D eigenvalue weighted by molar-refractivity contribution is 4.82. The molecule has 0 bridgehead atoms. The molecule has 108 valence electrons. The van der Waals surface area contributed by atoms with Gasteiger partial charge in [-0.1, -0.05) is 6.92 Å². The predicted octanol–water partition coefficient (Wildman–Crippen LogP) is 2.25. The summed E-state index contributed by atoms with van der Waals surface area (Å²) in [6, 6.07) is 0.599. The Kier molecular flexibility index (Phi) is 6.09. The fraction of sp³-hybridized carbons (Fsp3) is 1.00. The Labute approximate surface area is 113 Å². The van der Waals surface area contributed by atoms with E-state index in [1.54, 1.807) is 0 Å². The van der Waals surface area contributed by atoms with E-state index in [0.717, 1.165) is 19.5 Å². The van der Waals surface area contributed by atoms with Gasteiger partial charge in [0.1, 0.15) is 0 Å². The van der Waals surface area contributed by atoms with E-state index in [9.17, 15) is 5.11 Å². The summed E-state index contributed by atoms with van der Waals surface area (Å²) < 4.78 is 0. The van der Waals surface area contributed by atoms with Crippen molar-refractivity contribution in [3.63, 3.8) is 0 Å². The van der Waals surface area contributed by atoms with Gasteiger partial charge >= 0.3 is 0 Å². The van der Waals surface area contributed by atoms with Crippen molar-refractivity contribution in [3.05, 3.63) is 0 Å². The lowest BCUT2D eigenvalue weighted by Crippen LogP contribution is -2.42. The molecule has 0 aromatic carbocycles. The zero-order valence-electron chi connectivity index (χ0n) is 12.9. The van der Waals surface area contributed by atoms with Crippen LogP contribution in [0.4, 0.5) is 0 Å². The van der Waals surface area contributed by atoms with Crippen LogP contribution in [0.25, 0.3) is 0 Å². The summed E-state index contributed by atoms with van der Waals surface area (Å²) in [5.41, 5.74) is 0.207. The van der Waals surface area contributed by atoms with Crippen LogP contribution in [-0.4, -0.2) is 47.3 Å². The smallest absolute Gasteiger partial charge is 0.0527 e. The number of hydrogen-bond acceptors (Lipinski definition) is 3. The Morgan fingerprint density at radius 2 is 2.00 bits per heavy atom. The van der Waals surface area contributed by atoms with Crippen LogP contribution in [-0.2, 0) is 0 Å². The first-order valence-corrected chi connectivity index (χ1v) is 7.45. The first-order chi connectivity index (χ1) is 8.28. The average molecular weight is 256 g/mol. The highest BCUT2D eigenvalue weighted by Crippen LogP contribution is 2.22. The molecule has 3 nitrogen and oxygen atoms in total. The Morgan fingerprint density at radius 3 is 2.56 bits per heavy atom. The molecule has 2 N–H and O–H groups in total. The second-order valence-corrected chi connectivity index (χ2v) is 7.11. The number of hydrogen-bond donors (Lipinski definition) is 2. The molecule has 0 radical (unpaired) electrons. The van der Waals surface area contributed by atoms with Crippen molar-refractivity contribution < 1.29 is 5.11 Å². The lowest BCUT2D eigenvalue weighted by atomic mass is 10.0. The first-order valence-electron chi connectivity index (χ1n) is 7.45. The third-order valence-corrected chi connectivity index (χ3v) is 3.64. The zero-order valence-corrected chi connectivity index (χ0v) is 12.9. The molecule has 0 aromatic rings. The van der Waals surface area contributed by atoms with E-state index >= 15 is 0 Å². The number of likely N-dealkylation sites (tertiary alicyclic amines) is 1. The summed E-state index contributed by atoms with van der Waals surface area (Å²) in [5, 5.41) is 13.1. The minimum Gasteiger partial charge on any atom is -0.393 e. The van der Waals surface area contributed by atoms with E-state index in [1.165, 1.54) is 19.4 Å². The van der Waals surface area contributed by atoms with Crippen LogP contribution in [0.1, 0.15) is 53.9 Å². The molecular weight excluding hydrogens is 224 g/mol. The van der Waals surface area contributed by atoms with E-state index in [4.69, 9.17) is 0 Å². The molecule has 0 spiro atoms. The van der Waals surface area contributed by atoms with Crippen molar-refractivity contribution in [1.29, 1.82) is 0 Å². The minimum absolute atomic E-state index is 0.168. The molecule has 1 aliphatic heterocycles. The van der Waals surface area contributed by atoms with Gasteiger partial charge in [0, 0.05) is 18.1 Å². The summed E-state index contributed by atoms with van der Waals surface area (Å²) in [6.45, 7) is 14.3. The maximum atomic E-state index is 9.54. The van der Waals surface area contributed by atoms with Crippen molar-refractivity contribution in [1.82, 2.24) is 10.2 Å². The Bertz CT molecular complexity index is 235.